The van der Waals surface area contributed by atoms with Crippen LogP contribution in [0.4, 0.5) is 0 Å². The quantitative estimate of drug-likeness (QED) is 0.627. The van der Waals surface area contributed by atoms with E-state index in [0.29, 0.717) is 24.6 Å². The lowest BCUT2D eigenvalue weighted by Crippen LogP contribution is -2.60. The first-order valence-electron chi connectivity index (χ1n) is 13.5. The summed E-state index contributed by atoms with van der Waals surface area (Å²) in [7, 11) is 0. The van der Waals surface area contributed by atoms with Crippen molar-refractivity contribution in [3.8, 4) is 5.75 Å². The molecular weight excluding hydrogens is 444 g/mol. The Morgan fingerprint density at radius 3 is 2.51 bits per heavy atom. The van der Waals surface area contributed by atoms with Gasteiger partial charge in [-0.05, 0) is 87.2 Å². The Labute approximate surface area is 206 Å². The van der Waals surface area contributed by atoms with E-state index in [9.17, 15) is 14.4 Å². The summed E-state index contributed by atoms with van der Waals surface area (Å²) in [5.74, 6) is 1.75. The van der Waals surface area contributed by atoms with Crippen LogP contribution in [0, 0.1) is 11.8 Å². The molecule has 35 heavy (non-hydrogen) atoms. The van der Waals surface area contributed by atoms with Gasteiger partial charge in [-0.2, -0.15) is 0 Å². The van der Waals surface area contributed by atoms with E-state index in [0.717, 1.165) is 42.7 Å². The number of imide groups is 1. The molecule has 0 bridgehead atoms. The number of nitrogens with one attached hydrogen (secondary N) is 2. The number of ether oxygens (including phenoxy) is 1. The molecule has 4 fully saturated rings. The van der Waals surface area contributed by atoms with Crippen molar-refractivity contribution >= 4 is 17.7 Å². The molecule has 3 atom stereocenters. The third-order valence-corrected chi connectivity index (χ3v) is 8.91. The van der Waals surface area contributed by atoms with Crippen molar-refractivity contribution in [1.82, 2.24) is 20.4 Å². The lowest BCUT2D eigenvalue weighted by Gasteiger charge is -2.51. The topological polar surface area (TPSA) is 91.0 Å². The van der Waals surface area contributed by atoms with Gasteiger partial charge in [-0.3, -0.25) is 24.6 Å². The van der Waals surface area contributed by atoms with Crippen molar-refractivity contribution in [2.24, 2.45) is 11.8 Å². The number of hydrogen-bond acceptors (Lipinski definition) is 6. The van der Waals surface area contributed by atoms with E-state index in [-0.39, 0.29) is 30.2 Å². The van der Waals surface area contributed by atoms with Crippen LogP contribution in [0.1, 0.15) is 67.3 Å². The first-order chi connectivity index (χ1) is 17.1. The minimum atomic E-state index is -0.584. The maximum Gasteiger partial charge on any atom is 0.255 e. The summed E-state index contributed by atoms with van der Waals surface area (Å²) in [4.78, 5) is 41.1. The minimum absolute atomic E-state index is 0.138. The molecule has 6 rings (SSSR count). The van der Waals surface area contributed by atoms with Crippen LogP contribution in [0.3, 0.4) is 0 Å². The van der Waals surface area contributed by atoms with Gasteiger partial charge in [-0.15, -0.1) is 0 Å². The second-order valence-electron chi connectivity index (χ2n) is 11.0. The number of benzene rings is 1. The van der Waals surface area contributed by atoms with Crippen molar-refractivity contribution in [3.05, 3.63) is 29.3 Å². The van der Waals surface area contributed by atoms with Crippen LogP contribution in [0.5, 0.6) is 5.75 Å². The zero-order valence-corrected chi connectivity index (χ0v) is 20.3. The number of fused-ring (bicyclic) bond motifs is 1. The zero-order valence-electron chi connectivity index (χ0n) is 20.3. The van der Waals surface area contributed by atoms with Crippen LogP contribution in [0.2, 0.25) is 0 Å². The standard InChI is InChI=1S/C27H36N4O4/c32-25-8-7-23(26(33)29-25)31-16-18-13-20(5-6-21(18)27(31)34)35-24-4-2-1-3-22(24)30-14-19(15-30)17-9-11-28-12-10-17/h5-6,13,17,19,22-24,28H,1-4,7-12,14-16H2,(H,29,32,33)/t22-,23?,24-/m1/s1. The molecule has 188 valence electrons. The van der Waals surface area contributed by atoms with Crippen LogP contribution < -0.4 is 15.4 Å². The normalized spacial score (nSPS) is 30.7. The fourth-order valence-electron chi connectivity index (χ4n) is 6.86. The highest BCUT2D eigenvalue weighted by Gasteiger charge is 2.42. The van der Waals surface area contributed by atoms with E-state index in [4.69, 9.17) is 4.74 Å². The maximum atomic E-state index is 13.0. The molecule has 8 nitrogen and oxygen atoms in total. The average Bonchev–Trinajstić information content (AvgIpc) is 3.15. The molecule has 3 amide bonds. The largest absolute Gasteiger partial charge is 0.489 e. The van der Waals surface area contributed by atoms with Crippen LogP contribution >= 0.6 is 0 Å². The predicted molar refractivity (Wildman–Crippen MR) is 130 cm³/mol. The molecular formula is C27H36N4O4. The fourth-order valence-corrected chi connectivity index (χ4v) is 6.86. The summed E-state index contributed by atoms with van der Waals surface area (Å²) in [6.45, 7) is 5.12. The molecule has 1 aromatic carbocycles. The van der Waals surface area contributed by atoms with Gasteiger partial charge in [-0.1, -0.05) is 6.42 Å². The Morgan fingerprint density at radius 1 is 0.914 bits per heavy atom. The van der Waals surface area contributed by atoms with E-state index in [1.54, 1.807) is 4.90 Å². The van der Waals surface area contributed by atoms with Gasteiger partial charge in [0, 0.05) is 37.7 Å². The van der Waals surface area contributed by atoms with Gasteiger partial charge in [0.25, 0.3) is 5.91 Å². The average molecular weight is 481 g/mol. The SMILES string of the molecule is O=C1CCC(N2Cc3cc(O[C@@H]4CCCC[C@H]4N4CC(C5CCNCC5)C4)ccc3C2=O)C(=O)N1. The maximum absolute atomic E-state index is 13.0. The number of rotatable bonds is 5. The van der Waals surface area contributed by atoms with Crippen LogP contribution in [0.15, 0.2) is 18.2 Å². The second kappa shape index (κ2) is 9.54. The number of likely N-dealkylation sites (tertiary alicyclic amines) is 1. The molecule has 1 saturated carbocycles. The van der Waals surface area contributed by atoms with Crippen molar-refractivity contribution in [3.63, 3.8) is 0 Å². The Morgan fingerprint density at radius 2 is 1.71 bits per heavy atom. The van der Waals surface area contributed by atoms with Gasteiger partial charge in [0.05, 0.1) is 0 Å². The van der Waals surface area contributed by atoms with Crippen molar-refractivity contribution in [2.75, 3.05) is 26.2 Å². The van der Waals surface area contributed by atoms with Gasteiger partial charge >= 0.3 is 0 Å². The Hall–Kier alpha value is -2.45. The highest BCUT2D eigenvalue weighted by Crippen LogP contribution is 2.37. The second-order valence-corrected chi connectivity index (χ2v) is 11.0. The smallest absolute Gasteiger partial charge is 0.255 e. The highest BCUT2D eigenvalue weighted by atomic mass is 16.5. The molecule has 8 heteroatoms. The monoisotopic (exact) mass is 480 g/mol. The molecule has 2 N–H and O–H groups in total. The van der Waals surface area contributed by atoms with E-state index in [1.807, 2.05) is 18.2 Å². The van der Waals surface area contributed by atoms with Gasteiger partial charge in [-0.25, -0.2) is 0 Å². The molecule has 0 aromatic heterocycles. The summed E-state index contributed by atoms with van der Waals surface area (Å²) >= 11 is 0. The lowest BCUT2D eigenvalue weighted by atomic mass is 9.78. The number of carbonyl (C=O) groups is 3. The molecule has 1 unspecified atom stereocenters. The molecule has 4 heterocycles. The van der Waals surface area contributed by atoms with Gasteiger partial charge < -0.3 is 15.0 Å². The van der Waals surface area contributed by atoms with Gasteiger partial charge in [0.2, 0.25) is 11.8 Å². The van der Waals surface area contributed by atoms with Crippen LogP contribution in [-0.2, 0) is 16.1 Å². The van der Waals surface area contributed by atoms with E-state index >= 15 is 0 Å². The Kier molecular flexibility index (Phi) is 6.26. The number of piperidine rings is 2. The molecule has 0 spiro atoms. The minimum Gasteiger partial charge on any atom is -0.489 e. The summed E-state index contributed by atoms with van der Waals surface area (Å²) in [5.41, 5.74) is 1.54. The van der Waals surface area contributed by atoms with Crippen molar-refractivity contribution in [2.45, 2.75) is 76.1 Å². The zero-order chi connectivity index (χ0) is 23.9. The third-order valence-electron chi connectivity index (χ3n) is 8.91. The van der Waals surface area contributed by atoms with Crippen molar-refractivity contribution < 1.29 is 19.1 Å². The van der Waals surface area contributed by atoms with Gasteiger partial charge in [0.1, 0.15) is 17.9 Å². The Balaban J connectivity index is 1.10. The van der Waals surface area contributed by atoms with Crippen LogP contribution in [0.25, 0.3) is 0 Å². The van der Waals surface area contributed by atoms with Crippen molar-refractivity contribution in [1.29, 1.82) is 0 Å². The number of amides is 3. The number of carbonyl (C=O) groups excluding carboxylic acids is 3. The molecule has 3 saturated heterocycles. The summed E-state index contributed by atoms with van der Waals surface area (Å²) in [6, 6.07) is 5.62. The molecule has 1 aliphatic carbocycles. The number of hydrogen-bond donors (Lipinski definition) is 2. The third kappa shape index (κ3) is 4.47. The first-order valence-corrected chi connectivity index (χ1v) is 13.5. The van der Waals surface area contributed by atoms with Crippen LogP contribution in [-0.4, -0.2) is 71.9 Å². The molecule has 1 aromatic rings. The predicted octanol–water partition coefficient (Wildman–Crippen LogP) is 2.07. The highest BCUT2D eigenvalue weighted by molar-refractivity contribution is 6.05. The summed E-state index contributed by atoms with van der Waals surface area (Å²) in [5, 5.41) is 5.85. The summed E-state index contributed by atoms with van der Waals surface area (Å²) < 4.78 is 6.58. The van der Waals surface area contributed by atoms with E-state index in [2.05, 4.69) is 15.5 Å². The van der Waals surface area contributed by atoms with Gasteiger partial charge in [0.15, 0.2) is 0 Å². The first kappa shape index (κ1) is 23.0. The van der Waals surface area contributed by atoms with E-state index < -0.39 is 6.04 Å². The molecule has 4 aliphatic heterocycles. The fraction of sp³-hybridized carbons (Fsp3) is 0.667. The molecule has 5 aliphatic rings. The number of nitrogens with zero attached hydrogens (tertiary/aromatic N) is 2. The Bertz CT molecular complexity index is 1000. The van der Waals surface area contributed by atoms with E-state index in [1.165, 1.54) is 45.2 Å². The molecule has 0 radical (unpaired) electrons. The summed E-state index contributed by atoms with van der Waals surface area (Å²) in [6.07, 6.45) is 8.17. The lowest BCUT2D eigenvalue weighted by molar-refractivity contribution is -0.136.